The quantitative estimate of drug-likeness (QED) is 0.211. The van der Waals surface area contributed by atoms with Crippen molar-refractivity contribution >= 4 is 7.26 Å². The van der Waals surface area contributed by atoms with Gasteiger partial charge in [0.2, 0.25) is 0 Å². The molecule has 0 aromatic carbocycles. The predicted octanol–water partition coefficient (Wildman–Crippen LogP) is 7.59. The third-order valence-electron chi connectivity index (χ3n) is 4.94. The van der Waals surface area contributed by atoms with Gasteiger partial charge in [0.25, 0.3) is 0 Å². The summed E-state index contributed by atoms with van der Waals surface area (Å²) < 4.78 is 0. The minimum atomic E-state index is -0.610. The van der Waals surface area contributed by atoms with Crippen LogP contribution in [0, 0.1) is 0 Å². The average molecular weight is 333 g/mol. The summed E-state index contributed by atoms with van der Waals surface area (Å²) in [5.41, 5.74) is 0. The topological polar surface area (TPSA) is 30.0 Å². The fourth-order valence-electron chi connectivity index (χ4n) is 3.41. The van der Waals surface area contributed by atoms with Gasteiger partial charge in [0.1, 0.15) is 0 Å². The van der Waals surface area contributed by atoms with Crippen LogP contribution in [0.3, 0.4) is 0 Å². The maximum atomic E-state index is 2.38. The largest absolute Gasteiger partial charge is 0.870 e. The molecule has 0 amide bonds. The molecule has 0 heterocycles. The van der Waals surface area contributed by atoms with Gasteiger partial charge in [0, 0.05) is 7.26 Å². The lowest BCUT2D eigenvalue weighted by molar-refractivity contribution is 0.689. The molecule has 0 saturated heterocycles. The van der Waals surface area contributed by atoms with Gasteiger partial charge in [-0.05, 0) is 38.5 Å². The van der Waals surface area contributed by atoms with E-state index < -0.39 is 7.26 Å². The standard InChI is InChI=1S/C20H44P.H2O/c1-5-9-13-15-19-21(17-11-7-3,18-12-8-4)20-16-14-10-6-2;/h5-20H2,1-4H3;1H2/q+1;/p-1. The van der Waals surface area contributed by atoms with Gasteiger partial charge >= 0.3 is 0 Å². The highest BCUT2D eigenvalue weighted by molar-refractivity contribution is 7.75. The Balaban J connectivity index is 0. The van der Waals surface area contributed by atoms with Gasteiger partial charge in [-0.25, -0.2) is 0 Å². The highest BCUT2D eigenvalue weighted by atomic mass is 31.2. The van der Waals surface area contributed by atoms with Crippen LogP contribution in [0.2, 0.25) is 0 Å². The Morgan fingerprint density at radius 1 is 0.409 bits per heavy atom. The number of rotatable bonds is 16. The zero-order valence-corrected chi connectivity index (χ0v) is 17.1. The van der Waals surface area contributed by atoms with Crippen molar-refractivity contribution in [3.05, 3.63) is 0 Å². The molecule has 136 valence electrons. The lowest BCUT2D eigenvalue weighted by Gasteiger charge is -2.28. The molecular weight excluding hydrogens is 287 g/mol. The molecule has 2 heteroatoms. The third-order valence-corrected chi connectivity index (χ3v) is 10.0. The predicted molar refractivity (Wildman–Crippen MR) is 106 cm³/mol. The maximum absolute atomic E-state index is 2.38. The molecule has 0 aliphatic heterocycles. The first-order valence-electron chi connectivity index (χ1n) is 10.1. The molecule has 1 N–H and O–H groups in total. The maximum Gasteiger partial charge on any atom is 0.0594 e. The highest BCUT2D eigenvalue weighted by Gasteiger charge is 2.34. The third kappa shape index (κ3) is 12.9. The Kier molecular flexibility index (Phi) is 19.9. The molecule has 1 nitrogen and oxygen atoms in total. The molecule has 0 rings (SSSR count). The lowest BCUT2D eigenvalue weighted by atomic mass is 10.2. The number of unbranched alkanes of at least 4 members (excludes halogenated alkanes) is 8. The van der Waals surface area contributed by atoms with Crippen molar-refractivity contribution in [2.75, 3.05) is 24.6 Å². The Morgan fingerprint density at radius 2 is 0.727 bits per heavy atom. The fourth-order valence-corrected chi connectivity index (χ4v) is 8.51. The first-order valence-corrected chi connectivity index (χ1v) is 12.6. The van der Waals surface area contributed by atoms with E-state index in [1.165, 1.54) is 77.0 Å². The molecule has 0 aromatic heterocycles. The zero-order chi connectivity index (χ0) is 15.8. The average Bonchev–Trinajstić information content (AvgIpc) is 2.51. The summed E-state index contributed by atoms with van der Waals surface area (Å²) in [6, 6.07) is 0. The molecule has 0 aliphatic rings. The van der Waals surface area contributed by atoms with Crippen molar-refractivity contribution in [2.24, 2.45) is 0 Å². The summed E-state index contributed by atoms with van der Waals surface area (Å²) in [6.45, 7) is 9.42. The Hall–Kier alpha value is 0.390. The van der Waals surface area contributed by atoms with Crippen LogP contribution in [0.5, 0.6) is 0 Å². The molecular formula is C20H45OP. The van der Waals surface area contributed by atoms with E-state index in [1.807, 2.05) is 0 Å². The first kappa shape index (κ1) is 24.6. The second-order valence-corrected chi connectivity index (χ2v) is 11.5. The summed E-state index contributed by atoms with van der Waals surface area (Å²) in [7, 11) is -0.610. The van der Waals surface area contributed by atoms with Gasteiger partial charge in [0.15, 0.2) is 0 Å². The van der Waals surface area contributed by atoms with Crippen molar-refractivity contribution in [2.45, 2.75) is 105 Å². The van der Waals surface area contributed by atoms with E-state index in [9.17, 15) is 0 Å². The van der Waals surface area contributed by atoms with E-state index in [1.54, 1.807) is 24.6 Å². The van der Waals surface area contributed by atoms with Gasteiger partial charge in [-0.3, -0.25) is 0 Å². The highest BCUT2D eigenvalue weighted by Crippen LogP contribution is 2.61. The lowest BCUT2D eigenvalue weighted by Crippen LogP contribution is -2.13. The van der Waals surface area contributed by atoms with Crippen LogP contribution in [0.25, 0.3) is 0 Å². The Labute approximate surface area is 142 Å². The molecule has 0 radical (unpaired) electrons. The first-order chi connectivity index (χ1) is 10.2. The summed E-state index contributed by atoms with van der Waals surface area (Å²) in [6.07, 6.45) is 24.0. The smallest absolute Gasteiger partial charge is 0.0594 e. The van der Waals surface area contributed by atoms with E-state index in [0.717, 1.165) is 0 Å². The monoisotopic (exact) mass is 332 g/mol. The second-order valence-electron chi connectivity index (χ2n) is 7.06. The van der Waals surface area contributed by atoms with Gasteiger partial charge in [-0.1, -0.05) is 66.2 Å². The Bertz CT molecular complexity index is 184. The van der Waals surface area contributed by atoms with Crippen molar-refractivity contribution < 1.29 is 5.48 Å². The SMILES string of the molecule is CCCCCC[P+](CCCC)(CCCC)CCCCCC.[OH-]. The van der Waals surface area contributed by atoms with E-state index in [4.69, 9.17) is 0 Å². The van der Waals surface area contributed by atoms with E-state index in [-0.39, 0.29) is 5.48 Å². The van der Waals surface area contributed by atoms with E-state index in [2.05, 4.69) is 27.7 Å². The van der Waals surface area contributed by atoms with Gasteiger partial charge < -0.3 is 5.48 Å². The van der Waals surface area contributed by atoms with Crippen LogP contribution in [0.1, 0.15) is 105 Å². The van der Waals surface area contributed by atoms with Crippen LogP contribution < -0.4 is 0 Å². The van der Waals surface area contributed by atoms with E-state index in [0.29, 0.717) is 0 Å². The molecule has 0 aromatic rings. The summed E-state index contributed by atoms with van der Waals surface area (Å²) in [5, 5.41) is 0. The number of hydrogen-bond acceptors (Lipinski definition) is 1. The molecule has 0 aliphatic carbocycles. The van der Waals surface area contributed by atoms with Crippen LogP contribution in [0.4, 0.5) is 0 Å². The molecule has 0 saturated carbocycles. The molecule has 0 unspecified atom stereocenters. The summed E-state index contributed by atoms with van der Waals surface area (Å²) in [5.74, 6) is 0. The van der Waals surface area contributed by atoms with Crippen molar-refractivity contribution in [1.29, 1.82) is 0 Å². The second kappa shape index (κ2) is 17.7. The number of hydrogen-bond donors (Lipinski definition) is 0. The summed E-state index contributed by atoms with van der Waals surface area (Å²) >= 11 is 0. The van der Waals surface area contributed by atoms with Crippen LogP contribution in [0.15, 0.2) is 0 Å². The molecule has 0 atom stereocenters. The van der Waals surface area contributed by atoms with Gasteiger partial charge in [-0.2, -0.15) is 0 Å². The molecule has 0 bridgehead atoms. The molecule has 0 fully saturated rings. The molecule has 22 heavy (non-hydrogen) atoms. The zero-order valence-electron chi connectivity index (χ0n) is 16.2. The normalized spacial score (nSPS) is 11.5. The molecule has 0 spiro atoms. The van der Waals surface area contributed by atoms with Crippen molar-refractivity contribution in [3.8, 4) is 0 Å². The minimum absolute atomic E-state index is 0. The minimum Gasteiger partial charge on any atom is -0.870 e. The fraction of sp³-hybridized carbons (Fsp3) is 1.00. The Morgan fingerprint density at radius 3 is 1.05 bits per heavy atom. The summed E-state index contributed by atoms with van der Waals surface area (Å²) in [4.78, 5) is 0. The van der Waals surface area contributed by atoms with Gasteiger partial charge in [0.05, 0.1) is 24.6 Å². The van der Waals surface area contributed by atoms with Crippen molar-refractivity contribution in [3.63, 3.8) is 0 Å². The van der Waals surface area contributed by atoms with Crippen molar-refractivity contribution in [1.82, 2.24) is 0 Å². The van der Waals surface area contributed by atoms with E-state index >= 15 is 0 Å². The van der Waals surface area contributed by atoms with Crippen LogP contribution in [-0.4, -0.2) is 30.1 Å². The van der Waals surface area contributed by atoms with Crippen LogP contribution >= 0.6 is 7.26 Å². The van der Waals surface area contributed by atoms with Crippen LogP contribution in [-0.2, 0) is 0 Å². The van der Waals surface area contributed by atoms with Gasteiger partial charge in [-0.15, -0.1) is 0 Å².